The molecule has 0 fully saturated rings. The molecular formula is C17H20FNO2. The second-order valence-corrected chi connectivity index (χ2v) is 4.69. The van der Waals surface area contributed by atoms with Crippen LogP contribution >= 0.6 is 0 Å². The van der Waals surface area contributed by atoms with Gasteiger partial charge in [-0.3, -0.25) is 0 Å². The minimum atomic E-state index is -0.239. The molecule has 2 rings (SSSR count). The summed E-state index contributed by atoms with van der Waals surface area (Å²) in [5, 5.41) is 12.1. The van der Waals surface area contributed by atoms with E-state index in [4.69, 9.17) is 9.84 Å². The Hall–Kier alpha value is -1.75. The lowest BCUT2D eigenvalue weighted by atomic mass is 9.99. The van der Waals surface area contributed by atoms with Gasteiger partial charge in [-0.2, -0.15) is 0 Å². The predicted molar refractivity (Wildman–Crippen MR) is 80.6 cm³/mol. The van der Waals surface area contributed by atoms with Gasteiger partial charge in [-0.05, 0) is 23.3 Å². The molecule has 0 bridgehead atoms. The predicted octanol–water partition coefficient (Wildman–Crippen LogP) is 2.51. The normalized spacial score (nSPS) is 12.3. The molecule has 2 aromatic carbocycles. The summed E-state index contributed by atoms with van der Waals surface area (Å²) in [6.07, 6.45) is 0. The van der Waals surface area contributed by atoms with Gasteiger partial charge in [-0.1, -0.05) is 42.5 Å². The average Bonchev–Trinajstić information content (AvgIpc) is 2.53. The van der Waals surface area contributed by atoms with Crippen LogP contribution < -0.4 is 5.32 Å². The molecule has 2 N–H and O–H groups in total. The molecule has 1 unspecified atom stereocenters. The van der Waals surface area contributed by atoms with E-state index in [0.717, 1.165) is 11.1 Å². The molecule has 0 amide bonds. The summed E-state index contributed by atoms with van der Waals surface area (Å²) in [6, 6.07) is 16.5. The summed E-state index contributed by atoms with van der Waals surface area (Å²) in [5.74, 6) is -0.239. The van der Waals surface area contributed by atoms with Crippen LogP contribution in [0.4, 0.5) is 4.39 Å². The first-order valence-corrected chi connectivity index (χ1v) is 7.03. The third-order valence-corrected chi connectivity index (χ3v) is 3.17. The molecule has 3 nitrogen and oxygen atoms in total. The van der Waals surface area contributed by atoms with Crippen molar-refractivity contribution in [1.82, 2.24) is 5.32 Å². The van der Waals surface area contributed by atoms with E-state index < -0.39 is 0 Å². The number of rotatable bonds is 8. The van der Waals surface area contributed by atoms with Crippen LogP contribution in [0.1, 0.15) is 17.2 Å². The van der Waals surface area contributed by atoms with E-state index in [1.165, 1.54) is 12.1 Å². The minimum Gasteiger partial charge on any atom is -0.394 e. The molecule has 1 atom stereocenters. The number of hydrogen-bond donors (Lipinski definition) is 2. The van der Waals surface area contributed by atoms with Crippen LogP contribution in [0.25, 0.3) is 0 Å². The zero-order valence-electron chi connectivity index (χ0n) is 11.8. The fraction of sp³-hybridized carbons (Fsp3) is 0.294. The highest BCUT2D eigenvalue weighted by atomic mass is 19.1. The largest absolute Gasteiger partial charge is 0.394 e. The molecule has 0 aliphatic carbocycles. The molecule has 112 valence electrons. The smallest absolute Gasteiger partial charge is 0.123 e. The fourth-order valence-electron chi connectivity index (χ4n) is 2.17. The van der Waals surface area contributed by atoms with E-state index in [0.29, 0.717) is 19.8 Å². The van der Waals surface area contributed by atoms with Gasteiger partial charge >= 0.3 is 0 Å². The van der Waals surface area contributed by atoms with E-state index in [1.54, 1.807) is 12.1 Å². The van der Waals surface area contributed by atoms with Gasteiger partial charge in [0.15, 0.2) is 0 Å². The van der Waals surface area contributed by atoms with Gasteiger partial charge < -0.3 is 15.2 Å². The Labute approximate surface area is 124 Å². The monoisotopic (exact) mass is 289 g/mol. The summed E-state index contributed by atoms with van der Waals surface area (Å²) >= 11 is 0. The summed E-state index contributed by atoms with van der Waals surface area (Å²) in [7, 11) is 0. The van der Waals surface area contributed by atoms with Crippen LogP contribution in [0.15, 0.2) is 54.6 Å². The maximum Gasteiger partial charge on any atom is 0.123 e. The van der Waals surface area contributed by atoms with E-state index in [-0.39, 0.29) is 18.5 Å². The summed E-state index contributed by atoms with van der Waals surface area (Å²) in [4.78, 5) is 0. The van der Waals surface area contributed by atoms with Gasteiger partial charge in [0.1, 0.15) is 5.82 Å². The highest BCUT2D eigenvalue weighted by Crippen LogP contribution is 2.21. The number of aliphatic hydroxyl groups is 1. The van der Waals surface area contributed by atoms with Crippen molar-refractivity contribution in [2.75, 3.05) is 26.4 Å². The molecule has 0 spiro atoms. The molecule has 0 aromatic heterocycles. The van der Waals surface area contributed by atoms with Crippen molar-refractivity contribution in [1.29, 1.82) is 0 Å². The lowest BCUT2D eigenvalue weighted by molar-refractivity contribution is 0.0931. The number of ether oxygens (including phenoxy) is 1. The standard InChI is InChI=1S/C17H20FNO2/c18-16-8-6-15(7-9-16)17(14-4-2-1-3-5-14)19-10-12-21-13-11-20/h1-9,17,19-20H,10-13H2. The molecule has 0 aliphatic heterocycles. The SMILES string of the molecule is OCCOCCNC(c1ccccc1)c1ccc(F)cc1. The highest BCUT2D eigenvalue weighted by molar-refractivity contribution is 5.31. The van der Waals surface area contributed by atoms with Gasteiger partial charge in [0.05, 0.1) is 25.9 Å². The number of benzene rings is 2. The van der Waals surface area contributed by atoms with E-state index in [2.05, 4.69) is 5.32 Å². The Morgan fingerprint density at radius 2 is 1.62 bits per heavy atom. The quantitative estimate of drug-likeness (QED) is 0.734. The van der Waals surface area contributed by atoms with Crippen molar-refractivity contribution in [3.05, 3.63) is 71.5 Å². The van der Waals surface area contributed by atoms with Crippen LogP contribution in [0.3, 0.4) is 0 Å². The molecule has 0 radical (unpaired) electrons. The fourth-order valence-corrected chi connectivity index (χ4v) is 2.17. The number of halogens is 1. The van der Waals surface area contributed by atoms with E-state index in [9.17, 15) is 4.39 Å². The Bertz CT molecular complexity index is 516. The third kappa shape index (κ3) is 4.93. The molecule has 0 saturated heterocycles. The van der Waals surface area contributed by atoms with E-state index in [1.807, 2.05) is 30.3 Å². The van der Waals surface area contributed by atoms with Crippen molar-refractivity contribution in [3.8, 4) is 0 Å². The van der Waals surface area contributed by atoms with Crippen molar-refractivity contribution in [3.63, 3.8) is 0 Å². The number of aliphatic hydroxyl groups excluding tert-OH is 1. The summed E-state index contributed by atoms with van der Waals surface area (Å²) < 4.78 is 18.3. The van der Waals surface area contributed by atoms with Crippen LogP contribution in [-0.4, -0.2) is 31.5 Å². The molecule has 2 aromatic rings. The van der Waals surface area contributed by atoms with Crippen LogP contribution in [0.5, 0.6) is 0 Å². The average molecular weight is 289 g/mol. The molecular weight excluding hydrogens is 269 g/mol. The Kier molecular flexibility index (Phi) is 6.34. The molecule has 0 saturated carbocycles. The third-order valence-electron chi connectivity index (χ3n) is 3.17. The lowest BCUT2D eigenvalue weighted by Crippen LogP contribution is -2.26. The Morgan fingerprint density at radius 1 is 0.952 bits per heavy atom. The van der Waals surface area contributed by atoms with Crippen LogP contribution in [-0.2, 0) is 4.74 Å². The summed E-state index contributed by atoms with van der Waals surface area (Å²) in [6.45, 7) is 1.54. The second kappa shape index (κ2) is 8.52. The maximum atomic E-state index is 13.1. The minimum absolute atomic E-state index is 0.00970. The molecule has 0 aliphatic rings. The van der Waals surface area contributed by atoms with Gasteiger partial charge in [-0.15, -0.1) is 0 Å². The van der Waals surface area contributed by atoms with Gasteiger partial charge in [0.2, 0.25) is 0 Å². The molecule has 0 heterocycles. The van der Waals surface area contributed by atoms with Gasteiger partial charge in [-0.25, -0.2) is 4.39 Å². The lowest BCUT2D eigenvalue weighted by Gasteiger charge is -2.20. The molecule has 4 heteroatoms. The maximum absolute atomic E-state index is 13.1. The van der Waals surface area contributed by atoms with Crippen LogP contribution in [0.2, 0.25) is 0 Å². The van der Waals surface area contributed by atoms with Crippen molar-refractivity contribution in [2.24, 2.45) is 0 Å². The number of nitrogens with one attached hydrogen (secondary N) is 1. The van der Waals surface area contributed by atoms with Gasteiger partial charge in [0.25, 0.3) is 0 Å². The van der Waals surface area contributed by atoms with Gasteiger partial charge in [0, 0.05) is 6.54 Å². The summed E-state index contributed by atoms with van der Waals surface area (Å²) in [5.41, 5.74) is 2.12. The zero-order valence-corrected chi connectivity index (χ0v) is 11.8. The zero-order chi connectivity index (χ0) is 14.9. The first kappa shape index (κ1) is 15.6. The Balaban J connectivity index is 2.06. The van der Waals surface area contributed by atoms with E-state index >= 15 is 0 Å². The van der Waals surface area contributed by atoms with Crippen molar-refractivity contribution in [2.45, 2.75) is 6.04 Å². The van der Waals surface area contributed by atoms with Crippen molar-refractivity contribution < 1.29 is 14.2 Å². The highest BCUT2D eigenvalue weighted by Gasteiger charge is 2.13. The first-order chi connectivity index (χ1) is 10.3. The topological polar surface area (TPSA) is 41.5 Å². The Morgan fingerprint density at radius 3 is 2.29 bits per heavy atom. The van der Waals surface area contributed by atoms with Crippen molar-refractivity contribution >= 4 is 0 Å². The number of hydrogen-bond acceptors (Lipinski definition) is 3. The first-order valence-electron chi connectivity index (χ1n) is 7.03. The molecule has 21 heavy (non-hydrogen) atoms. The van der Waals surface area contributed by atoms with Crippen LogP contribution in [0, 0.1) is 5.82 Å². The second-order valence-electron chi connectivity index (χ2n) is 4.69.